The van der Waals surface area contributed by atoms with Gasteiger partial charge in [0.25, 0.3) is 0 Å². The van der Waals surface area contributed by atoms with Gasteiger partial charge in [0.05, 0.1) is 31.9 Å². The number of hydrogen-bond donors (Lipinski definition) is 5. The van der Waals surface area contributed by atoms with Crippen molar-refractivity contribution in [1.82, 2.24) is 39.0 Å². The van der Waals surface area contributed by atoms with Crippen LogP contribution in [0, 0.1) is 0 Å². The summed E-state index contributed by atoms with van der Waals surface area (Å²) in [5.41, 5.74) is 13.2. The van der Waals surface area contributed by atoms with Gasteiger partial charge in [0.2, 0.25) is 0 Å². The molecule has 240 valence electrons. The standard InChI is InChI=1S/C21H23ClN10O9P2S2/c22-21-13(31-5-29-9-16(23)25-3-27-18(9)31)15(21)38-8-2-37-42(34,44)40-12-11(33)7(1-36-43(35,45)41-14(8)21)39-20(12)32-6-30-10-17(24)26-4-28-19(10)32/h3-8,11-15,20,33H,1-2H2,(H,34,44)(H,35,45)(H2,23,25,27)(H2,24,26,28)/t7-,8-,11-,12-,13?,14-,15+,20-,21+,42?,43?/m1/s1. The lowest BCUT2D eigenvalue weighted by atomic mass is 10.1. The van der Waals surface area contributed by atoms with E-state index in [2.05, 4.69) is 42.2 Å². The number of aliphatic hydroxyl groups excluding tert-OH is 1. The molecule has 3 unspecified atom stereocenters. The summed E-state index contributed by atoms with van der Waals surface area (Å²) in [4.78, 5) is 34.6. The fourth-order valence-corrected chi connectivity index (χ4v) is 9.52. The summed E-state index contributed by atoms with van der Waals surface area (Å²) in [5, 5.41) is 11.2. The maximum absolute atomic E-state index is 13.6. The third-order valence-electron chi connectivity index (χ3n) is 8.13. The van der Waals surface area contributed by atoms with Crippen molar-refractivity contribution < 1.29 is 42.1 Å². The van der Waals surface area contributed by atoms with Gasteiger partial charge >= 0.3 is 13.5 Å². The Morgan fingerprint density at radius 3 is 2.24 bits per heavy atom. The van der Waals surface area contributed by atoms with Crippen LogP contribution in [0.2, 0.25) is 0 Å². The zero-order chi connectivity index (χ0) is 31.5. The number of nitrogens with two attached hydrogens (primary N) is 2. The Bertz CT molecular complexity index is 1940. The average molecular weight is 721 g/mol. The zero-order valence-electron chi connectivity index (χ0n) is 22.5. The van der Waals surface area contributed by atoms with Crippen molar-refractivity contribution >= 4 is 83.1 Å². The molecular weight excluding hydrogens is 698 g/mol. The highest BCUT2D eigenvalue weighted by Gasteiger charge is 2.78. The molecule has 4 fully saturated rings. The number of halogens is 1. The van der Waals surface area contributed by atoms with Crippen molar-refractivity contribution in [3.05, 3.63) is 25.3 Å². The number of nitrogens with zero attached hydrogens (tertiary/aromatic N) is 8. The summed E-state index contributed by atoms with van der Waals surface area (Å²) in [7, 11) is 0. The van der Waals surface area contributed by atoms with Crippen LogP contribution >= 0.6 is 37.4 Å². The number of aromatic nitrogens is 8. The summed E-state index contributed by atoms with van der Waals surface area (Å²) in [6.45, 7) is -9.18. The second-order valence-corrected chi connectivity index (χ2v) is 17.0. The van der Waals surface area contributed by atoms with Gasteiger partial charge in [-0.1, -0.05) is 12.2 Å². The maximum atomic E-state index is 13.6. The Labute approximate surface area is 267 Å². The van der Waals surface area contributed by atoms with Crippen molar-refractivity contribution in [3.63, 3.8) is 0 Å². The molecule has 45 heavy (non-hydrogen) atoms. The first kappa shape index (κ1) is 30.2. The Morgan fingerprint density at radius 2 is 1.56 bits per heavy atom. The zero-order valence-corrected chi connectivity index (χ0v) is 26.7. The number of anilines is 2. The minimum Gasteiger partial charge on any atom is -0.387 e. The molecule has 3 aliphatic heterocycles. The van der Waals surface area contributed by atoms with Crippen LogP contribution in [0.3, 0.4) is 0 Å². The first-order chi connectivity index (χ1) is 21.4. The summed E-state index contributed by atoms with van der Waals surface area (Å²) in [5.74, 6) is 0.294. The molecule has 2 bridgehead atoms. The minimum absolute atomic E-state index is 0.114. The van der Waals surface area contributed by atoms with Crippen LogP contribution in [0.5, 0.6) is 0 Å². The molecule has 0 spiro atoms. The summed E-state index contributed by atoms with van der Waals surface area (Å²) in [6.07, 6.45) is -2.56. The molecule has 3 saturated heterocycles. The molecule has 8 rings (SSSR count). The maximum Gasteiger partial charge on any atom is 0.386 e. The number of alkyl halides is 1. The number of aliphatic hydroxyl groups is 1. The monoisotopic (exact) mass is 720 g/mol. The highest BCUT2D eigenvalue weighted by molar-refractivity contribution is 8.44. The van der Waals surface area contributed by atoms with Gasteiger partial charge in [0.1, 0.15) is 65.2 Å². The van der Waals surface area contributed by atoms with E-state index in [4.69, 9.17) is 62.4 Å². The van der Waals surface area contributed by atoms with Gasteiger partial charge in [-0.3, -0.25) is 18.1 Å². The molecule has 1 saturated carbocycles. The lowest BCUT2D eigenvalue weighted by Gasteiger charge is -2.30. The predicted molar refractivity (Wildman–Crippen MR) is 160 cm³/mol. The molecule has 19 nitrogen and oxygen atoms in total. The topological polar surface area (TPSA) is 252 Å². The van der Waals surface area contributed by atoms with Gasteiger partial charge in [-0.15, -0.1) is 11.6 Å². The van der Waals surface area contributed by atoms with Gasteiger partial charge in [0, 0.05) is 0 Å². The van der Waals surface area contributed by atoms with E-state index in [-0.39, 0.29) is 29.4 Å². The van der Waals surface area contributed by atoms with E-state index >= 15 is 0 Å². The van der Waals surface area contributed by atoms with Crippen molar-refractivity contribution in [2.24, 2.45) is 0 Å². The molecule has 11 atom stereocenters. The van der Waals surface area contributed by atoms with Crippen LogP contribution in [0.15, 0.2) is 25.3 Å². The van der Waals surface area contributed by atoms with E-state index in [1.165, 1.54) is 29.9 Å². The average Bonchev–Trinajstić information content (AvgIpc) is 3.48. The van der Waals surface area contributed by atoms with Crippen LogP contribution in [0.1, 0.15) is 12.3 Å². The van der Waals surface area contributed by atoms with Crippen LogP contribution in [0.25, 0.3) is 22.3 Å². The Kier molecular flexibility index (Phi) is 7.02. The summed E-state index contributed by atoms with van der Waals surface area (Å²) < 4.78 is 51.9. The van der Waals surface area contributed by atoms with E-state index in [1.807, 2.05) is 0 Å². The lowest BCUT2D eigenvalue weighted by Crippen LogP contribution is -2.39. The van der Waals surface area contributed by atoms with Crippen LogP contribution < -0.4 is 11.5 Å². The number of thiol groups is 1. The first-order valence-electron chi connectivity index (χ1n) is 13.2. The Balaban J connectivity index is 1.10. The van der Waals surface area contributed by atoms with Gasteiger partial charge < -0.3 is 40.0 Å². The summed E-state index contributed by atoms with van der Waals surface area (Å²) >= 11 is 16.6. The molecular formula is C21H23ClN10O9P2S2. The molecule has 4 aliphatic rings. The largest absolute Gasteiger partial charge is 0.387 e. The minimum atomic E-state index is -4.22. The third-order valence-corrected chi connectivity index (χ3v) is 11.9. The Morgan fingerprint density at radius 1 is 0.933 bits per heavy atom. The van der Waals surface area contributed by atoms with Gasteiger partial charge in [-0.05, 0) is 11.8 Å². The molecule has 4 aromatic heterocycles. The van der Waals surface area contributed by atoms with Gasteiger partial charge in [-0.2, -0.15) is 0 Å². The third kappa shape index (κ3) is 4.80. The van der Waals surface area contributed by atoms with Crippen LogP contribution in [0.4, 0.5) is 11.6 Å². The molecule has 1 aliphatic carbocycles. The van der Waals surface area contributed by atoms with Crippen LogP contribution in [-0.2, 0) is 43.9 Å². The molecule has 0 radical (unpaired) electrons. The number of ether oxygens (including phenoxy) is 2. The highest BCUT2D eigenvalue weighted by atomic mass is 35.5. The number of fused-ring (bicyclic) bond motifs is 7. The fourth-order valence-electron chi connectivity index (χ4n) is 6.03. The Hall–Kier alpha value is -2.10. The van der Waals surface area contributed by atoms with E-state index in [9.17, 15) is 14.6 Å². The quantitative estimate of drug-likeness (QED) is 0.107. The first-order valence-corrected chi connectivity index (χ1v) is 18.9. The molecule has 4 aromatic rings. The molecule has 0 amide bonds. The predicted octanol–water partition coefficient (Wildman–Crippen LogP) is 0.460. The smallest absolute Gasteiger partial charge is 0.386 e. The van der Waals surface area contributed by atoms with Gasteiger partial charge in [-0.25, -0.2) is 34.5 Å². The molecule has 7 heterocycles. The molecule has 0 aromatic carbocycles. The van der Waals surface area contributed by atoms with Crippen molar-refractivity contribution in [1.29, 1.82) is 0 Å². The van der Waals surface area contributed by atoms with Crippen molar-refractivity contribution in [2.75, 3.05) is 24.7 Å². The highest BCUT2D eigenvalue weighted by Crippen LogP contribution is 2.69. The summed E-state index contributed by atoms with van der Waals surface area (Å²) in [6, 6.07) is -0.582. The SMILES string of the molecule is Nc1ncnc2c1ncn2C1[C@@H]2O[C@@H]3COP(O)(=S)O[C@@H]4[C@H](O)[C@@H](COP(=O)(S)O[C@H]3[C@@]12Cl)O[C@H]4n1cnc2c(N)ncnc21. The van der Waals surface area contributed by atoms with Crippen molar-refractivity contribution in [3.8, 4) is 0 Å². The second-order valence-electron chi connectivity index (χ2n) is 10.7. The van der Waals surface area contributed by atoms with Crippen molar-refractivity contribution in [2.45, 2.75) is 53.8 Å². The number of imidazole rings is 2. The van der Waals surface area contributed by atoms with Gasteiger partial charge in [0.15, 0.2) is 29.2 Å². The van der Waals surface area contributed by atoms with E-state index in [1.54, 1.807) is 4.57 Å². The molecule has 6 N–H and O–H groups in total. The number of rotatable bonds is 2. The molecule has 24 heteroatoms. The van der Waals surface area contributed by atoms with Crippen LogP contribution in [-0.4, -0.2) is 104 Å². The van der Waals surface area contributed by atoms with E-state index in [0.29, 0.717) is 11.2 Å². The van der Waals surface area contributed by atoms with E-state index < -0.39 is 73.9 Å². The number of hydrogen-bond acceptors (Lipinski definition) is 17. The number of nitrogen functional groups attached to an aromatic ring is 2. The second kappa shape index (κ2) is 10.4. The lowest BCUT2D eigenvalue weighted by molar-refractivity contribution is -0.0577. The van der Waals surface area contributed by atoms with E-state index in [0.717, 1.165) is 0 Å². The fraction of sp³-hybridized carbons (Fsp3) is 0.524. The normalized spacial score (nSPS) is 41.7.